The quantitative estimate of drug-likeness (QED) is 0.411. The average molecular weight is 344 g/mol. The summed E-state index contributed by atoms with van der Waals surface area (Å²) < 4.78 is 9.30. The van der Waals surface area contributed by atoms with Crippen molar-refractivity contribution in [2.75, 3.05) is 13.7 Å². The van der Waals surface area contributed by atoms with Crippen LogP contribution in [0, 0.1) is 11.3 Å². The Morgan fingerprint density at radius 1 is 1.36 bits per heavy atom. The number of nitrogens with zero attached hydrogens (tertiary/aromatic N) is 1. The van der Waals surface area contributed by atoms with Crippen LogP contribution >= 0.6 is 23.2 Å². The zero-order chi connectivity index (χ0) is 16.6. The van der Waals surface area contributed by atoms with Crippen LogP contribution < -0.4 is 0 Å². The van der Waals surface area contributed by atoms with Gasteiger partial charge in [0.25, 0.3) is 6.47 Å². The molecular formula is C15H15Cl2NO4. The van der Waals surface area contributed by atoms with Crippen molar-refractivity contribution in [3.63, 3.8) is 0 Å². The second kappa shape index (κ2) is 8.62. The number of rotatable bonds is 8. The smallest absolute Gasteiger partial charge is 0.305 e. The first kappa shape index (κ1) is 18.3. The highest BCUT2D eigenvalue weighted by atomic mass is 35.5. The Balaban J connectivity index is 3.11. The van der Waals surface area contributed by atoms with E-state index in [4.69, 9.17) is 27.9 Å². The summed E-state index contributed by atoms with van der Waals surface area (Å²) in [4.78, 5) is 21.7. The molecule has 0 spiro atoms. The van der Waals surface area contributed by atoms with Gasteiger partial charge in [-0.3, -0.25) is 9.59 Å². The third-order valence-corrected chi connectivity index (χ3v) is 4.12. The van der Waals surface area contributed by atoms with Crippen LogP contribution in [-0.2, 0) is 24.5 Å². The molecular weight excluding hydrogens is 329 g/mol. The van der Waals surface area contributed by atoms with E-state index in [0.717, 1.165) is 0 Å². The molecule has 0 aliphatic heterocycles. The van der Waals surface area contributed by atoms with Gasteiger partial charge in [0.15, 0.2) is 0 Å². The Labute approximate surface area is 138 Å². The Morgan fingerprint density at radius 3 is 2.64 bits per heavy atom. The van der Waals surface area contributed by atoms with Gasteiger partial charge in [-0.15, -0.1) is 0 Å². The predicted octanol–water partition coefficient (Wildman–Crippen LogP) is 3.27. The number of carbonyl (C=O) groups is 2. The number of hydrogen-bond donors (Lipinski definition) is 0. The molecule has 1 atom stereocenters. The van der Waals surface area contributed by atoms with Gasteiger partial charge in [0, 0.05) is 12.8 Å². The molecule has 0 amide bonds. The van der Waals surface area contributed by atoms with Gasteiger partial charge < -0.3 is 9.47 Å². The molecule has 0 aliphatic carbocycles. The maximum absolute atomic E-state index is 11.4. The lowest BCUT2D eigenvalue weighted by Gasteiger charge is -2.26. The summed E-state index contributed by atoms with van der Waals surface area (Å²) in [6.07, 6.45) is 0.513. The third kappa shape index (κ3) is 4.62. The maximum Gasteiger partial charge on any atom is 0.305 e. The van der Waals surface area contributed by atoms with Gasteiger partial charge in [-0.2, -0.15) is 5.26 Å². The molecule has 0 saturated carbocycles. The van der Waals surface area contributed by atoms with Gasteiger partial charge in [0.1, 0.15) is 0 Å². The number of halogens is 2. The summed E-state index contributed by atoms with van der Waals surface area (Å²) in [5.74, 6) is -0.420. The van der Waals surface area contributed by atoms with Crippen molar-refractivity contribution in [3.8, 4) is 6.07 Å². The molecule has 1 aromatic rings. The van der Waals surface area contributed by atoms with Crippen LogP contribution in [0.5, 0.6) is 0 Å². The SMILES string of the molecule is COC(=O)CCC(C#N)(CCOC=O)c1ccc(Cl)c(Cl)c1. The highest BCUT2D eigenvalue weighted by Crippen LogP contribution is 2.36. The van der Waals surface area contributed by atoms with Crippen molar-refractivity contribution in [1.82, 2.24) is 0 Å². The maximum atomic E-state index is 11.4. The number of ether oxygens (including phenoxy) is 2. The zero-order valence-corrected chi connectivity index (χ0v) is 13.5. The van der Waals surface area contributed by atoms with Crippen molar-refractivity contribution >= 4 is 35.6 Å². The molecule has 118 valence electrons. The second-order valence-electron chi connectivity index (χ2n) is 4.62. The van der Waals surface area contributed by atoms with Crippen LogP contribution in [0.4, 0.5) is 0 Å². The minimum atomic E-state index is -1.02. The molecule has 1 unspecified atom stereocenters. The van der Waals surface area contributed by atoms with Crippen molar-refractivity contribution in [2.45, 2.75) is 24.7 Å². The Kier molecular flexibility index (Phi) is 7.16. The molecule has 7 heteroatoms. The number of methoxy groups -OCH3 is 1. The molecule has 0 aromatic heterocycles. The summed E-state index contributed by atoms with van der Waals surface area (Å²) in [6, 6.07) is 7.06. The van der Waals surface area contributed by atoms with Gasteiger partial charge in [-0.05, 0) is 24.1 Å². The third-order valence-electron chi connectivity index (χ3n) is 3.38. The summed E-state index contributed by atoms with van der Waals surface area (Å²) in [5, 5.41) is 10.3. The van der Waals surface area contributed by atoms with Gasteiger partial charge in [-0.1, -0.05) is 29.3 Å². The zero-order valence-electron chi connectivity index (χ0n) is 12.0. The first-order valence-corrected chi connectivity index (χ1v) is 7.23. The van der Waals surface area contributed by atoms with Gasteiger partial charge in [0.2, 0.25) is 0 Å². The first-order valence-electron chi connectivity index (χ1n) is 6.48. The molecule has 1 rings (SSSR count). The van der Waals surface area contributed by atoms with E-state index >= 15 is 0 Å². The lowest BCUT2D eigenvalue weighted by Crippen LogP contribution is -2.27. The van der Waals surface area contributed by atoms with Crippen molar-refractivity contribution < 1.29 is 19.1 Å². The molecule has 0 heterocycles. The van der Waals surface area contributed by atoms with E-state index in [9.17, 15) is 14.9 Å². The molecule has 0 saturated heterocycles. The fourth-order valence-corrected chi connectivity index (χ4v) is 2.38. The van der Waals surface area contributed by atoms with Crippen LogP contribution in [0.25, 0.3) is 0 Å². The molecule has 0 aliphatic rings. The first-order chi connectivity index (χ1) is 10.5. The van der Waals surface area contributed by atoms with Crippen LogP contribution in [0.15, 0.2) is 18.2 Å². The van der Waals surface area contributed by atoms with E-state index in [-0.39, 0.29) is 25.9 Å². The van der Waals surface area contributed by atoms with Crippen LogP contribution in [-0.4, -0.2) is 26.2 Å². The summed E-state index contributed by atoms with van der Waals surface area (Å²) in [7, 11) is 1.28. The van der Waals surface area contributed by atoms with Gasteiger partial charge >= 0.3 is 5.97 Å². The molecule has 0 radical (unpaired) electrons. The second-order valence-corrected chi connectivity index (χ2v) is 5.43. The van der Waals surface area contributed by atoms with Crippen LogP contribution in [0.2, 0.25) is 10.0 Å². The van der Waals surface area contributed by atoms with Gasteiger partial charge in [-0.25, -0.2) is 0 Å². The molecule has 0 fully saturated rings. The van der Waals surface area contributed by atoms with E-state index in [2.05, 4.69) is 10.8 Å². The summed E-state index contributed by atoms with van der Waals surface area (Å²) in [6.45, 7) is 0.371. The van der Waals surface area contributed by atoms with Gasteiger partial charge in [0.05, 0.1) is 35.2 Å². The van der Waals surface area contributed by atoms with E-state index < -0.39 is 11.4 Å². The molecule has 22 heavy (non-hydrogen) atoms. The standard InChI is InChI=1S/C15H15Cl2NO4/c1-21-14(20)4-5-15(9-18,6-7-22-10-19)11-2-3-12(16)13(17)8-11/h2-3,8,10H,4-7H2,1H3. The lowest BCUT2D eigenvalue weighted by molar-refractivity contribution is -0.141. The minimum absolute atomic E-state index is 0.0540. The Bertz CT molecular complexity index is 585. The molecule has 0 bridgehead atoms. The number of hydrogen-bond acceptors (Lipinski definition) is 5. The topological polar surface area (TPSA) is 76.4 Å². The number of benzene rings is 1. The fraction of sp³-hybridized carbons (Fsp3) is 0.400. The molecule has 0 N–H and O–H groups in total. The van der Waals surface area contributed by atoms with Crippen molar-refractivity contribution in [2.24, 2.45) is 0 Å². The van der Waals surface area contributed by atoms with Crippen molar-refractivity contribution in [3.05, 3.63) is 33.8 Å². The monoisotopic (exact) mass is 343 g/mol. The Morgan fingerprint density at radius 2 is 2.09 bits per heavy atom. The lowest BCUT2D eigenvalue weighted by atomic mass is 9.75. The Hall–Kier alpha value is -1.77. The average Bonchev–Trinajstić information content (AvgIpc) is 2.53. The summed E-state index contributed by atoms with van der Waals surface area (Å²) >= 11 is 11.9. The number of nitriles is 1. The molecule has 1 aromatic carbocycles. The van der Waals surface area contributed by atoms with Crippen LogP contribution in [0.3, 0.4) is 0 Å². The van der Waals surface area contributed by atoms with Crippen molar-refractivity contribution in [1.29, 1.82) is 5.26 Å². The molecule has 5 nitrogen and oxygen atoms in total. The summed E-state index contributed by atoms with van der Waals surface area (Å²) in [5.41, 5.74) is -0.409. The van der Waals surface area contributed by atoms with Crippen LogP contribution in [0.1, 0.15) is 24.8 Å². The van der Waals surface area contributed by atoms with E-state index in [0.29, 0.717) is 22.1 Å². The van der Waals surface area contributed by atoms with E-state index in [1.807, 2.05) is 0 Å². The highest BCUT2D eigenvalue weighted by Gasteiger charge is 2.33. The number of carbonyl (C=O) groups excluding carboxylic acids is 2. The largest absolute Gasteiger partial charge is 0.469 e. The van der Waals surface area contributed by atoms with E-state index in [1.165, 1.54) is 7.11 Å². The predicted molar refractivity (Wildman–Crippen MR) is 81.6 cm³/mol. The number of esters is 1. The highest BCUT2D eigenvalue weighted by molar-refractivity contribution is 6.42. The minimum Gasteiger partial charge on any atom is -0.469 e. The fourth-order valence-electron chi connectivity index (χ4n) is 2.08. The normalized spacial score (nSPS) is 12.8. The van der Waals surface area contributed by atoms with E-state index in [1.54, 1.807) is 18.2 Å².